The summed E-state index contributed by atoms with van der Waals surface area (Å²) in [5.41, 5.74) is 0. The number of rotatable bonds is 8. The molecule has 86 valence electrons. The van der Waals surface area contributed by atoms with Crippen LogP contribution in [0.3, 0.4) is 0 Å². The number of aryl methyl sites for hydroxylation is 1. The van der Waals surface area contributed by atoms with Crippen molar-refractivity contribution in [3.8, 4) is 0 Å². The van der Waals surface area contributed by atoms with Crippen LogP contribution >= 0.6 is 11.5 Å². The van der Waals surface area contributed by atoms with E-state index in [0.29, 0.717) is 0 Å². The van der Waals surface area contributed by atoms with Crippen molar-refractivity contribution in [2.24, 2.45) is 0 Å². The topological polar surface area (TPSA) is 49.8 Å². The van der Waals surface area contributed by atoms with E-state index in [1.807, 2.05) is 0 Å². The first-order valence-corrected chi connectivity index (χ1v) is 6.41. The first-order chi connectivity index (χ1) is 7.36. The van der Waals surface area contributed by atoms with Gasteiger partial charge in [-0.25, -0.2) is 4.98 Å². The predicted molar refractivity (Wildman–Crippen MR) is 65.6 cm³/mol. The molecule has 0 aromatic carbocycles. The Morgan fingerprint density at radius 3 is 2.87 bits per heavy atom. The molecule has 0 fully saturated rings. The minimum atomic E-state index is 0.954. The van der Waals surface area contributed by atoms with Gasteiger partial charge in [0.2, 0.25) is 5.13 Å². The molecular weight excluding hydrogens is 208 g/mol. The number of hydrogen-bond acceptors (Lipinski definition) is 5. The Labute approximate surface area is 95.7 Å². The first-order valence-electron chi connectivity index (χ1n) is 5.64. The van der Waals surface area contributed by atoms with Crippen molar-refractivity contribution in [1.29, 1.82) is 0 Å². The Kier molecular flexibility index (Phi) is 6.27. The van der Waals surface area contributed by atoms with Gasteiger partial charge in [0.25, 0.3) is 0 Å². The maximum Gasteiger partial charge on any atom is 0.202 e. The second-order valence-electron chi connectivity index (χ2n) is 3.40. The SMILES string of the molecule is CCCc1nsc(NCCCNCC)n1. The van der Waals surface area contributed by atoms with E-state index in [-0.39, 0.29) is 0 Å². The number of hydrogen-bond donors (Lipinski definition) is 2. The molecule has 1 rings (SSSR count). The van der Waals surface area contributed by atoms with Gasteiger partial charge in [0.15, 0.2) is 0 Å². The van der Waals surface area contributed by atoms with E-state index in [0.717, 1.165) is 49.9 Å². The standard InChI is InChI=1S/C10H20N4S/c1-3-6-9-13-10(15-14-9)12-8-5-7-11-4-2/h11H,3-8H2,1-2H3,(H,12,13,14). The summed E-state index contributed by atoms with van der Waals surface area (Å²) in [5.74, 6) is 0.969. The molecular formula is C10H20N4S. The van der Waals surface area contributed by atoms with Gasteiger partial charge >= 0.3 is 0 Å². The lowest BCUT2D eigenvalue weighted by Gasteiger charge is -2.02. The zero-order valence-electron chi connectivity index (χ0n) is 9.55. The molecule has 4 nitrogen and oxygen atoms in total. The van der Waals surface area contributed by atoms with E-state index < -0.39 is 0 Å². The van der Waals surface area contributed by atoms with Gasteiger partial charge in [-0.3, -0.25) is 0 Å². The molecule has 1 aromatic rings. The van der Waals surface area contributed by atoms with E-state index in [1.54, 1.807) is 0 Å². The van der Waals surface area contributed by atoms with Crippen LogP contribution < -0.4 is 10.6 Å². The third kappa shape index (κ3) is 5.09. The quantitative estimate of drug-likeness (QED) is 0.667. The summed E-state index contributed by atoms with van der Waals surface area (Å²) in [6, 6.07) is 0. The van der Waals surface area contributed by atoms with Gasteiger partial charge in [0, 0.05) is 24.5 Å². The lowest BCUT2D eigenvalue weighted by atomic mass is 10.3. The van der Waals surface area contributed by atoms with Crippen molar-refractivity contribution >= 4 is 16.7 Å². The van der Waals surface area contributed by atoms with E-state index in [4.69, 9.17) is 0 Å². The second kappa shape index (κ2) is 7.59. The van der Waals surface area contributed by atoms with Crippen LogP contribution in [-0.4, -0.2) is 29.0 Å². The highest BCUT2D eigenvalue weighted by atomic mass is 32.1. The van der Waals surface area contributed by atoms with E-state index in [2.05, 4.69) is 33.8 Å². The normalized spacial score (nSPS) is 10.5. The van der Waals surface area contributed by atoms with Gasteiger partial charge in [0.1, 0.15) is 5.82 Å². The molecule has 0 aliphatic rings. The highest BCUT2D eigenvalue weighted by molar-refractivity contribution is 7.09. The summed E-state index contributed by atoms with van der Waals surface area (Å²) in [6.45, 7) is 7.33. The monoisotopic (exact) mass is 228 g/mol. The van der Waals surface area contributed by atoms with Crippen LogP contribution in [0.25, 0.3) is 0 Å². The number of nitrogens with one attached hydrogen (secondary N) is 2. The largest absolute Gasteiger partial charge is 0.360 e. The molecule has 0 radical (unpaired) electrons. The molecule has 0 aliphatic heterocycles. The van der Waals surface area contributed by atoms with Crippen molar-refractivity contribution in [2.75, 3.05) is 25.0 Å². The molecule has 0 bridgehead atoms. The zero-order chi connectivity index (χ0) is 10.9. The first kappa shape index (κ1) is 12.4. The van der Waals surface area contributed by atoms with Crippen LogP contribution in [0.2, 0.25) is 0 Å². The lowest BCUT2D eigenvalue weighted by Crippen LogP contribution is -2.17. The molecule has 2 N–H and O–H groups in total. The van der Waals surface area contributed by atoms with Gasteiger partial charge in [0.05, 0.1) is 0 Å². The van der Waals surface area contributed by atoms with Crippen LogP contribution in [-0.2, 0) is 6.42 Å². The Bertz CT molecular complexity index is 262. The zero-order valence-corrected chi connectivity index (χ0v) is 10.4. The van der Waals surface area contributed by atoms with Crippen LogP contribution in [0, 0.1) is 0 Å². The molecule has 0 unspecified atom stereocenters. The van der Waals surface area contributed by atoms with Gasteiger partial charge in [-0.15, -0.1) is 0 Å². The van der Waals surface area contributed by atoms with Crippen molar-refractivity contribution < 1.29 is 0 Å². The highest BCUT2D eigenvalue weighted by Crippen LogP contribution is 2.11. The third-order valence-electron chi connectivity index (χ3n) is 2.00. The predicted octanol–water partition coefficient (Wildman–Crippen LogP) is 1.90. The second-order valence-corrected chi connectivity index (χ2v) is 4.15. The minimum absolute atomic E-state index is 0.954. The maximum atomic E-state index is 4.39. The third-order valence-corrected chi connectivity index (χ3v) is 2.71. The fourth-order valence-electron chi connectivity index (χ4n) is 1.24. The van der Waals surface area contributed by atoms with E-state index >= 15 is 0 Å². The number of aromatic nitrogens is 2. The van der Waals surface area contributed by atoms with E-state index in [9.17, 15) is 0 Å². The Balaban J connectivity index is 2.14. The fraction of sp³-hybridized carbons (Fsp3) is 0.800. The molecule has 5 heteroatoms. The number of anilines is 1. The van der Waals surface area contributed by atoms with Crippen molar-refractivity contribution in [1.82, 2.24) is 14.7 Å². The molecule has 0 atom stereocenters. The molecule has 15 heavy (non-hydrogen) atoms. The Hall–Kier alpha value is -0.680. The summed E-state index contributed by atoms with van der Waals surface area (Å²) in [7, 11) is 0. The lowest BCUT2D eigenvalue weighted by molar-refractivity contribution is 0.688. The van der Waals surface area contributed by atoms with Crippen LogP contribution in [0.5, 0.6) is 0 Å². The molecule has 0 saturated carbocycles. The van der Waals surface area contributed by atoms with Crippen LogP contribution in [0.1, 0.15) is 32.5 Å². The molecule has 1 aromatic heterocycles. The van der Waals surface area contributed by atoms with Crippen molar-refractivity contribution in [3.05, 3.63) is 5.82 Å². The molecule has 1 heterocycles. The Morgan fingerprint density at radius 1 is 1.27 bits per heavy atom. The van der Waals surface area contributed by atoms with Crippen molar-refractivity contribution in [3.63, 3.8) is 0 Å². The van der Waals surface area contributed by atoms with Gasteiger partial charge < -0.3 is 10.6 Å². The summed E-state index contributed by atoms with van der Waals surface area (Å²) < 4.78 is 4.27. The summed E-state index contributed by atoms with van der Waals surface area (Å²) in [6.07, 6.45) is 3.21. The smallest absolute Gasteiger partial charge is 0.202 e. The summed E-state index contributed by atoms with van der Waals surface area (Å²) >= 11 is 1.46. The summed E-state index contributed by atoms with van der Waals surface area (Å²) in [5, 5.41) is 7.53. The van der Waals surface area contributed by atoms with E-state index in [1.165, 1.54) is 11.5 Å². The number of nitrogens with zero attached hydrogens (tertiary/aromatic N) is 2. The van der Waals surface area contributed by atoms with Gasteiger partial charge in [-0.05, 0) is 25.9 Å². The highest BCUT2D eigenvalue weighted by Gasteiger charge is 2.01. The molecule has 0 spiro atoms. The van der Waals surface area contributed by atoms with Crippen LogP contribution in [0.15, 0.2) is 0 Å². The average Bonchev–Trinajstić information content (AvgIpc) is 2.66. The van der Waals surface area contributed by atoms with Crippen LogP contribution in [0.4, 0.5) is 5.13 Å². The Morgan fingerprint density at radius 2 is 2.13 bits per heavy atom. The molecule has 0 saturated heterocycles. The molecule has 0 amide bonds. The summed E-state index contributed by atoms with van der Waals surface area (Å²) in [4.78, 5) is 4.39. The van der Waals surface area contributed by atoms with Gasteiger partial charge in [-0.2, -0.15) is 4.37 Å². The minimum Gasteiger partial charge on any atom is -0.360 e. The fourth-order valence-corrected chi connectivity index (χ4v) is 1.87. The average molecular weight is 228 g/mol. The van der Waals surface area contributed by atoms with Gasteiger partial charge in [-0.1, -0.05) is 13.8 Å². The molecule has 0 aliphatic carbocycles. The van der Waals surface area contributed by atoms with Crippen molar-refractivity contribution in [2.45, 2.75) is 33.1 Å². The maximum absolute atomic E-state index is 4.39.